The number of hydrogen-bond donors (Lipinski definition) is 2. The molecule has 1 spiro atoms. The van der Waals surface area contributed by atoms with E-state index in [4.69, 9.17) is 11.6 Å². The van der Waals surface area contributed by atoms with Crippen molar-refractivity contribution < 1.29 is 18.0 Å². The van der Waals surface area contributed by atoms with Crippen LogP contribution in [0.5, 0.6) is 0 Å². The van der Waals surface area contributed by atoms with Gasteiger partial charge in [-0.1, -0.05) is 23.7 Å². The highest BCUT2D eigenvalue weighted by Crippen LogP contribution is 2.40. The number of sulfonamides is 1. The number of carbonyl (C=O) groups excluding carboxylic acids is 2. The molecule has 1 aromatic carbocycles. The number of rotatable bonds is 4. The second-order valence-corrected chi connectivity index (χ2v) is 9.12. The first kappa shape index (κ1) is 18.2. The van der Waals surface area contributed by atoms with E-state index in [0.29, 0.717) is 31.0 Å². The average molecular weight is 386 g/mol. The normalized spacial score (nSPS) is 26.8. The van der Waals surface area contributed by atoms with E-state index in [1.807, 2.05) is 12.1 Å². The number of carbonyl (C=O) groups is 2. The van der Waals surface area contributed by atoms with E-state index in [9.17, 15) is 18.0 Å². The van der Waals surface area contributed by atoms with Crippen LogP contribution in [0.2, 0.25) is 5.02 Å². The van der Waals surface area contributed by atoms with Gasteiger partial charge in [-0.25, -0.2) is 12.7 Å². The van der Waals surface area contributed by atoms with E-state index < -0.39 is 21.5 Å². The highest BCUT2D eigenvalue weighted by molar-refractivity contribution is 7.88. The topological polar surface area (TPSA) is 95.6 Å². The third-order valence-electron chi connectivity index (χ3n) is 4.87. The maximum absolute atomic E-state index is 12.4. The molecule has 2 heterocycles. The molecule has 0 unspecified atom stereocenters. The maximum Gasteiger partial charge on any atom is 0.242 e. The fourth-order valence-corrected chi connectivity index (χ4v) is 4.42. The quantitative estimate of drug-likeness (QED) is 0.788. The molecule has 7 nitrogen and oxygen atoms in total. The molecule has 2 amide bonds. The van der Waals surface area contributed by atoms with Crippen LogP contribution in [0.3, 0.4) is 0 Å². The first-order valence-electron chi connectivity index (χ1n) is 7.98. The van der Waals surface area contributed by atoms with Gasteiger partial charge in [0.25, 0.3) is 0 Å². The molecule has 0 bridgehead atoms. The second-order valence-electron chi connectivity index (χ2n) is 6.70. The molecule has 0 aliphatic carbocycles. The predicted molar refractivity (Wildman–Crippen MR) is 93.3 cm³/mol. The van der Waals surface area contributed by atoms with Crippen LogP contribution in [0.15, 0.2) is 24.3 Å². The number of amides is 2. The summed E-state index contributed by atoms with van der Waals surface area (Å²) in [7, 11) is -3.33. The Balaban J connectivity index is 1.60. The number of nitrogens with zero attached hydrogens (tertiary/aromatic N) is 1. The predicted octanol–water partition coefficient (Wildman–Crippen LogP) is 0.496. The Morgan fingerprint density at radius 2 is 2.08 bits per heavy atom. The Morgan fingerprint density at radius 3 is 2.68 bits per heavy atom. The molecule has 2 aliphatic heterocycles. The fourth-order valence-electron chi connectivity index (χ4n) is 3.39. The van der Waals surface area contributed by atoms with Crippen LogP contribution in [-0.2, 0) is 26.2 Å². The third-order valence-corrected chi connectivity index (χ3v) is 6.37. The number of benzene rings is 1. The van der Waals surface area contributed by atoms with Gasteiger partial charge in [-0.2, -0.15) is 0 Å². The van der Waals surface area contributed by atoms with Crippen molar-refractivity contribution in [3.8, 4) is 0 Å². The molecule has 2 atom stereocenters. The zero-order chi connectivity index (χ0) is 18.2. The van der Waals surface area contributed by atoms with Gasteiger partial charge in [0, 0.05) is 24.7 Å². The van der Waals surface area contributed by atoms with Gasteiger partial charge < -0.3 is 10.6 Å². The van der Waals surface area contributed by atoms with Crippen molar-refractivity contribution in [2.24, 2.45) is 5.41 Å². The summed E-state index contributed by atoms with van der Waals surface area (Å²) in [4.78, 5) is 24.7. The van der Waals surface area contributed by atoms with Gasteiger partial charge in [-0.15, -0.1) is 0 Å². The SMILES string of the molecule is CS(=O)(=O)N1CC[C@]2(C[C@@H](C(=O)NCc3ccc(Cl)cc3)NC2=O)C1. The lowest BCUT2D eigenvalue weighted by Gasteiger charge is -2.20. The molecule has 0 saturated carbocycles. The van der Waals surface area contributed by atoms with E-state index in [1.54, 1.807) is 12.1 Å². The first-order valence-corrected chi connectivity index (χ1v) is 10.2. The summed E-state index contributed by atoms with van der Waals surface area (Å²) in [5.74, 6) is -0.511. The molecule has 2 saturated heterocycles. The molecule has 0 radical (unpaired) electrons. The van der Waals surface area contributed by atoms with Crippen molar-refractivity contribution in [2.75, 3.05) is 19.3 Å². The highest BCUT2D eigenvalue weighted by Gasteiger charge is 2.53. The van der Waals surface area contributed by atoms with Gasteiger partial charge in [0.15, 0.2) is 0 Å². The summed E-state index contributed by atoms with van der Waals surface area (Å²) in [5.41, 5.74) is 0.103. The van der Waals surface area contributed by atoms with Crippen LogP contribution in [0.25, 0.3) is 0 Å². The van der Waals surface area contributed by atoms with Crippen LogP contribution < -0.4 is 10.6 Å². The van der Waals surface area contributed by atoms with Crippen LogP contribution in [0.4, 0.5) is 0 Å². The van der Waals surface area contributed by atoms with Crippen LogP contribution in [0.1, 0.15) is 18.4 Å². The Kier molecular flexibility index (Phi) is 4.78. The summed E-state index contributed by atoms with van der Waals surface area (Å²) in [6, 6.07) is 6.48. The molecule has 9 heteroatoms. The molecule has 2 aliphatic rings. The summed E-state index contributed by atoms with van der Waals surface area (Å²) >= 11 is 5.83. The minimum Gasteiger partial charge on any atom is -0.350 e. The van der Waals surface area contributed by atoms with Crippen molar-refractivity contribution in [1.82, 2.24) is 14.9 Å². The molecule has 0 aromatic heterocycles. The van der Waals surface area contributed by atoms with Crippen molar-refractivity contribution in [1.29, 1.82) is 0 Å². The van der Waals surface area contributed by atoms with Crippen LogP contribution >= 0.6 is 11.6 Å². The van der Waals surface area contributed by atoms with Gasteiger partial charge in [0.05, 0.1) is 11.7 Å². The van der Waals surface area contributed by atoms with E-state index >= 15 is 0 Å². The van der Waals surface area contributed by atoms with Gasteiger partial charge in [-0.3, -0.25) is 9.59 Å². The molecular formula is C16H20ClN3O4S. The van der Waals surface area contributed by atoms with Gasteiger partial charge in [-0.05, 0) is 30.5 Å². The van der Waals surface area contributed by atoms with Gasteiger partial charge in [0.1, 0.15) is 6.04 Å². The Hall–Kier alpha value is -1.64. The van der Waals surface area contributed by atoms with Crippen molar-refractivity contribution >= 4 is 33.4 Å². The van der Waals surface area contributed by atoms with Crippen LogP contribution in [0, 0.1) is 5.41 Å². The fraction of sp³-hybridized carbons (Fsp3) is 0.500. The minimum absolute atomic E-state index is 0.138. The molecular weight excluding hydrogens is 366 g/mol. The smallest absolute Gasteiger partial charge is 0.242 e. The van der Waals surface area contributed by atoms with E-state index in [1.165, 1.54) is 4.31 Å². The van der Waals surface area contributed by atoms with E-state index in [-0.39, 0.29) is 18.4 Å². The number of halogens is 1. The molecule has 136 valence electrons. The van der Waals surface area contributed by atoms with Crippen LogP contribution in [-0.4, -0.2) is 49.9 Å². The molecule has 1 aromatic rings. The minimum atomic E-state index is -3.33. The molecule has 2 N–H and O–H groups in total. The lowest BCUT2D eigenvalue weighted by atomic mass is 9.84. The highest BCUT2D eigenvalue weighted by atomic mass is 35.5. The largest absolute Gasteiger partial charge is 0.350 e. The average Bonchev–Trinajstić information content (AvgIpc) is 3.12. The number of hydrogen-bond acceptors (Lipinski definition) is 4. The van der Waals surface area contributed by atoms with E-state index in [2.05, 4.69) is 10.6 Å². The van der Waals surface area contributed by atoms with Gasteiger partial charge >= 0.3 is 0 Å². The summed E-state index contributed by atoms with van der Waals surface area (Å²) < 4.78 is 24.7. The van der Waals surface area contributed by atoms with Crippen molar-refractivity contribution in [2.45, 2.75) is 25.4 Å². The second kappa shape index (κ2) is 6.59. The summed E-state index contributed by atoms with van der Waals surface area (Å²) in [6.45, 7) is 0.787. The number of nitrogens with one attached hydrogen (secondary N) is 2. The molecule has 3 rings (SSSR count). The maximum atomic E-state index is 12.4. The molecule has 25 heavy (non-hydrogen) atoms. The first-order chi connectivity index (χ1) is 11.7. The monoisotopic (exact) mass is 385 g/mol. The van der Waals surface area contributed by atoms with E-state index in [0.717, 1.165) is 11.8 Å². The lowest BCUT2D eigenvalue weighted by Crippen LogP contribution is -2.41. The summed E-state index contributed by atoms with van der Waals surface area (Å²) in [6.07, 6.45) is 1.88. The Labute approximate surface area is 151 Å². The van der Waals surface area contributed by atoms with Gasteiger partial charge in [0.2, 0.25) is 21.8 Å². The molecule has 2 fully saturated rings. The zero-order valence-corrected chi connectivity index (χ0v) is 15.4. The third kappa shape index (κ3) is 3.80. The Morgan fingerprint density at radius 1 is 1.40 bits per heavy atom. The standard InChI is InChI=1S/C16H20ClN3O4S/c1-25(23,24)20-7-6-16(10-20)8-13(19-15(16)22)14(21)18-9-11-2-4-12(17)5-3-11/h2-5,13H,6-10H2,1H3,(H,18,21)(H,19,22)/t13-,16-/m0/s1. The lowest BCUT2D eigenvalue weighted by molar-refractivity contribution is -0.128. The Bertz CT molecular complexity index is 796. The van der Waals surface area contributed by atoms with Crippen molar-refractivity contribution in [3.63, 3.8) is 0 Å². The van der Waals surface area contributed by atoms with Crippen molar-refractivity contribution in [3.05, 3.63) is 34.9 Å². The summed E-state index contributed by atoms with van der Waals surface area (Å²) in [5, 5.41) is 6.13. The zero-order valence-electron chi connectivity index (χ0n) is 13.8.